The number of carbonyl (C=O) groups excluding carboxylic acids is 1. The molecule has 2 aromatic rings. The lowest BCUT2D eigenvalue weighted by Crippen LogP contribution is -2.31. The van der Waals surface area contributed by atoms with E-state index in [-0.39, 0.29) is 11.9 Å². The van der Waals surface area contributed by atoms with Gasteiger partial charge in [0.2, 0.25) is 0 Å². The summed E-state index contributed by atoms with van der Waals surface area (Å²) >= 11 is 6.13. The van der Waals surface area contributed by atoms with E-state index in [1.807, 2.05) is 61.5 Å². The topological polar surface area (TPSA) is 50.7 Å². The van der Waals surface area contributed by atoms with E-state index >= 15 is 0 Å². The minimum atomic E-state index is -0.372. The van der Waals surface area contributed by atoms with E-state index in [1.165, 1.54) is 7.11 Å². The van der Waals surface area contributed by atoms with E-state index in [1.54, 1.807) is 0 Å². The molecule has 1 unspecified atom stereocenters. The van der Waals surface area contributed by atoms with Gasteiger partial charge >= 0.3 is 5.97 Å². The van der Waals surface area contributed by atoms with Crippen LogP contribution in [0.4, 0.5) is 0 Å². The van der Waals surface area contributed by atoms with Gasteiger partial charge in [-0.25, -0.2) is 4.79 Å². The third-order valence-corrected chi connectivity index (χ3v) is 4.20. The number of hydrogen-bond acceptors (Lipinski definition) is 4. The number of esters is 1. The fraction of sp³-hybridized carbons (Fsp3) is 0.158. The Morgan fingerprint density at radius 1 is 1.17 bits per heavy atom. The smallest absolute Gasteiger partial charge is 0.336 e. The van der Waals surface area contributed by atoms with E-state index in [4.69, 9.17) is 16.3 Å². The van der Waals surface area contributed by atoms with Gasteiger partial charge in [-0.2, -0.15) is 5.10 Å². The summed E-state index contributed by atoms with van der Waals surface area (Å²) in [5.41, 5.74) is 6.73. The second-order valence-corrected chi connectivity index (χ2v) is 5.93. The van der Waals surface area contributed by atoms with Gasteiger partial charge in [-0.15, -0.1) is 0 Å². The van der Waals surface area contributed by atoms with Gasteiger partial charge in [0.25, 0.3) is 0 Å². The fourth-order valence-corrected chi connectivity index (χ4v) is 3.04. The van der Waals surface area contributed by atoms with Gasteiger partial charge in [-0.1, -0.05) is 54.1 Å². The number of methoxy groups -OCH3 is 1. The average molecular weight is 341 g/mol. The number of hydrogen-bond donors (Lipinski definition) is 1. The minimum absolute atomic E-state index is 0.321. The summed E-state index contributed by atoms with van der Waals surface area (Å²) in [6, 6.07) is 17.2. The molecule has 1 atom stereocenters. The first-order valence-corrected chi connectivity index (χ1v) is 7.93. The third-order valence-electron chi connectivity index (χ3n) is 3.97. The Morgan fingerprint density at radius 2 is 1.92 bits per heavy atom. The first-order chi connectivity index (χ1) is 11.6. The molecule has 1 heterocycles. The maximum absolute atomic E-state index is 12.4. The summed E-state index contributed by atoms with van der Waals surface area (Å²) in [4.78, 5) is 12.4. The van der Waals surface area contributed by atoms with Crippen LogP contribution in [0.5, 0.6) is 0 Å². The maximum atomic E-state index is 12.4. The van der Waals surface area contributed by atoms with Crippen LogP contribution in [0.15, 0.2) is 71.0 Å². The first-order valence-electron chi connectivity index (χ1n) is 7.55. The first kappa shape index (κ1) is 16.3. The summed E-state index contributed by atoms with van der Waals surface area (Å²) in [6.07, 6.45) is 0. The van der Waals surface area contributed by atoms with Crippen molar-refractivity contribution < 1.29 is 9.53 Å². The van der Waals surface area contributed by atoms with Crippen LogP contribution >= 0.6 is 11.6 Å². The Morgan fingerprint density at radius 3 is 2.58 bits per heavy atom. The van der Waals surface area contributed by atoms with Crippen molar-refractivity contribution in [3.05, 3.63) is 82.0 Å². The van der Waals surface area contributed by atoms with Gasteiger partial charge in [0, 0.05) is 16.3 Å². The van der Waals surface area contributed by atoms with Crippen LogP contribution in [0, 0.1) is 0 Å². The van der Waals surface area contributed by atoms with Crippen LogP contribution in [0.3, 0.4) is 0 Å². The Balaban J connectivity index is 2.16. The third kappa shape index (κ3) is 3.05. The number of allylic oxidation sites excluding steroid dienone is 1. The number of hydrazone groups is 1. The molecule has 0 bridgehead atoms. The van der Waals surface area contributed by atoms with Gasteiger partial charge < -0.3 is 4.74 Å². The zero-order valence-electron chi connectivity index (χ0n) is 13.4. The highest BCUT2D eigenvalue weighted by molar-refractivity contribution is 6.31. The van der Waals surface area contributed by atoms with Gasteiger partial charge in [0.05, 0.1) is 24.3 Å². The maximum Gasteiger partial charge on any atom is 0.336 e. The molecule has 0 saturated carbocycles. The van der Waals surface area contributed by atoms with Gasteiger partial charge in [0.1, 0.15) is 0 Å². The van der Waals surface area contributed by atoms with E-state index in [0.29, 0.717) is 16.3 Å². The molecule has 0 fully saturated rings. The zero-order chi connectivity index (χ0) is 17.1. The molecule has 0 saturated heterocycles. The van der Waals surface area contributed by atoms with Crippen LogP contribution in [0.25, 0.3) is 0 Å². The standard InChI is InChI=1S/C19H17ClN2O2/c1-12-16(19(23)24-2)17(13-7-4-3-5-8-13)18(22-21-12)14-9-6-10-15(20)11-14/h3-11,17,21H,1-2H3. The highest BCUT2D eigenvalue weighted by Crippen LogP contribution is 2.34. The normalized spacial score (nSPS) is 17.1. The molecule has 4 nitrogen and oxygen atoms in total. The number of ether oxygens (including phenoxy) is 1. The SMILES string of the molecule is COC(=O)C1=C(C)NN=C(c2cccc(Cl)c2)C1c1ccccc1. The van der Waals surface area contributed by atoms with Crippen molar-refractivity contribution >= 4 is 23.3 Å². The molecule has 1 aliphatic rings. The molecule has 122 valence electrons. The highest BCUT2D eigenvalue weighted by Gasteiger charge is 2.33. The van der Waals surface area contributed by atoms with Crippen molar-refractivity contribution in [2.45, 2.75) is 12.8 Å². The van der Waals surface area contributed by atoms with Crippen molar-refractivity contribution in [1.29, 1.82) is 0 Å². The lowest BCUT2D eigenvalue weighted by Gasteiger charge is -2.27. The zero-order valence-corrected chi connectivity index (χ0v) is 14.2. The molecule has 24 heavy (non-hydrogen) atoms. The Labute approximate surface area is 145 Å². The van der Waals surface area contributed by atoms with Crippen molar-refractivity contribution in [2.24, 2.45) is 5.10 Å². The quantitative estimate of drug-likeness (QED) is 0.863. The minimum Gasteiger partial charge on any atom is -0.466 e. The predicted octanol–water partition coefficient (Wildman–Crippen LogP) is 3.88. The summed E-state index contributed by atoms with van der Waals surface area (Å²) in [6.45, 7) is 1.82. The van der Waals surface area contributed by atoms with E-state index in [2.05, 4.69) is 10.5 Å². The molecule has 0 aromatic heterocycles. The summed E-state index contributed by atoms with van der Waals surface area (Å²) in [5.74, 6) is -0.693. The van der Waals surface area contributed by atoms with Crippen LogP contribution in [0.1, 0.15) is 24.0 Å². The molecular weight excluding hydrogens is 324 g/mol. The summed E-state index contributed by atoms with van der Waals surface area (Å²) in [7, 11) is 1.38. The Bertz CT molecular complexity index is 828. The molecule has 1 aliphatic heterocycles. The van der Waals surface area contributed by atoms with Gasteiger partial charge in [-0.3, -0.25) is 5.43 Å². The van der Waals surface area contributed by atoms with Crippen LogP contribution in [-0.4, -0.2) is 18.8 Å². The molecule has 0 radical (unpaired) electrons. The van der Waals surface area contributed by atoms with E-state index in [9.17, 15) is 4.79 Å². The number of benzene rings is 2. The van der Waals surface area contributed by atoms with E-state index < -0.39 is 0 Å². The predicted molar refractivity (Wildman–Crippen MR) is 95.0 cm³/mol. The molecular formula is C19H17ClN2O2. The van der Waals surface area contributed by atoms with Gasteiger partial charge in [-0.05, 0) is 24.6 Å². The van der Waals surface area contributed by atoms with Crippen molar-refractivity contribution in [2.75, 3.05) is 7.11 Å². The van der Waals surface area contributed by atoms with Crippen LogP contribution in [-0.2, 0) is 9.53 Å². The lowest BCUT2D eigenvalue weighted by molar-refractivity contribution is -0.136. The molecule has 5 heteroatoms. The molecule has 0 amide bonds. The Kier molecular flexibility index (Phi) is 4.67. The fourth-order valence-electron chi connectivity index (χ4n) is 2.85. The number of carbonyl (C=O) groups is 1. The summed E-state index contributed by atoms with van der Waals surface area (Å²) in [5, 5.41) is 5.11. The highest BCUT2D eigenvalue weighted by atomic mass is 35.5. The number of rotatable bonds is 3. The second kappa shape index (κ2) is 6.89. The molecule has 0 spiro atoms. The molecule has 2 aromatic carbocycles. The second-order valence-electron chi connectivity index (χ2n) is 5.49. The van der Waals surface area contributed by atoms with Gasteiger partial charge in [0.15, 0.2) is 0 Å². The van der Waals surface area contributed by atoms with Crippen LogP contribution in [0.2, 0.25) is 5.02 Å². The number of nitrogens with one attached hydrogen (secondary N) is 1. The molecule has 3 rings (SSSR count). The largest absolute Gasteiger partial charge is 0.466 e. The molecule has 0 aliphatic carbocycles. The number of nitrogens with zero attached hydrogens (tertiary/aromatic N) is 1. The summed E-state index contributed by atoms with van der Waals surface area (Å²) < 4.78 is 5.00. The molecule has 1 N–H and O–H groups in total. The monoisotopic (exact) mass is 340 g/mol. The average Bonchev–Trinajstić information content (AvgIpc) is 2.61. The van der Waals surface area contributed by atoms with Crippen molar-refractivity contribution in [1.82, 2.24) is 5.43 Å². The number of halogens is 1. The van der Waals surface area contributed by atoms with Crippen LogP contribution < -0.4 is 5.43 Å². The lowest BCUT2D eigenvalue weighted by atomic mass is 9.82. The Hall–Kier alpha value is -2.59. The van der Waals surface area contributed by atoms with Crippen molar-refractivity contribution in [3.63, 3.8) is 0 Å². The van der Waals surface area contributed by atoms with E-state index in [0.717, 1.165) is 16.8 Å². The van der Waals surface area contributed by atoms with Crippen molar-refractivity contribution in [3.8, 4) is 0 Å².